The van der Waals surface area contributed by atoms with Crippen LogP contribution in [0.15, 0.2) is 24.3 Å². The van der Waals surface area contributed by atoms with Gasteiger partial charge in [0.2, 0.25) is 5.91 Å². The molecule has 4 heteroatoms. The topological polar surface area (TPSA) is 49.4 Å². The Hall–Kier alpha value is -1.84. The lowest BCUT2D eigenvalue weighted by Crippen LogP contribution is -2.51. The highest BCUT2D eigenvalue weighted by atomic mass is 16.2. The highest BCUT2D eigenvalue weighted by Crippen LogP contribution is 2.12. The summed E-state index contributed by atoms with van der Waals surface area (Å²) in [5.41, 5.74) is 1.54. The van der Waals surface area contributed by atoms with E-state index in [4.69, 9.17) is 0 Å². The van der Waals surface area contributed by atoms with Crippen LogP contribution in [0, 0.1) is 12.8 Å². The molecule has 2 amide bonds. The number of carbonyl (C=O) groups is 2. The number of benzene rings is 1. The minimum absolute atomic E-state index is 0.0191. The average molecular weight is 318 g/mol. The molecule has 0 heterocycles. The molecule has 0 radical (unpaired) electrons. The zero-order valence-electron chi connectivity index (χ0n) is 15.1. The molecule has 0 fully saturated rings. The van der Waals surface area contributed by atoms with Gasteiger partial charge in [-0.25, -0.2) is 0 Å². The monoisotopic (exact) mass is 318 g/mol. The zero-order valence-corrected chi connectivity index (χ0v) is 15.1. The highest BCUT2D eigenvalue weighted by molar-refractivity contribution is 5.98. The van der Waals surface area contributed by atoms with Gasteiger partial charge in [0.15, 0.2) is 0 Å². The summed E-state index contributed by atoms with van der Waals surface area (Å²) in [7, 11) is 0. The molecule has 0 saturated carbocycles. The Morgan fingerprint density at radius 3 is 2.13 bits per heavy atom. The van der Waals surface area contributed by atoms with Gasteiger partial charge in [-0.1, -0.05) is 45.9 Å². The molecule has 1 atom stereocenters. The standard InChI is InChI=1S/C19H30N2O2/c1-6-12-21(13-7-2)19(23)17(14(3)4)20-18(22)16-11-9-8-10-15(16)5/h8-11,14,17H,6-7,12-13H2,1-5H3,(H,20,22). The molecule has 1 N–H and O–H groups in total. The molecule has 1 unspecified atom stereocenters. The molecule has 4 nitrogen and oxygen atoms in total. The summed E-state index contributed by atoms with van der Waals surface area (Å²) in [6.07, 6.45) is 1.84. The third-order valence-corrected chi connectivity index (χ3v) is 3.91. The van der Waals surface area contributed by atoms with Crippen molar-refractivity contribution in [2.24, 2.45) is 5.92 Å². The Morgan fingerprint density at radius 1 is 1.09 bits per heavy atom. The number of carbonyl (C=O) groups excluding carboxylic acids is 2. The van der Waals surface area contributed by atoms with Crippen molar-refractivity contribution in [1.29, 1.82) is 0 Å². The first kappa shape index (κ1) is 19.2. The van der Waals surface area contributed by atoms with Crippen LogP contribution in [0.1, 0.15) is 56.5 Å². The molecule has 0 aromatic heterocycles. The van der Waals surface area contributed by atoms with E-state index in [1.54, 1.807) is 6.07 Å². The van der Waals surface area contributed by atoms with Crippen LogP contribution in [0.5, 0.6) is 0 Å². The first-order valence-corrected chi connectivity index (χ1v) is 8.57. The van der Waals surface area contributed by atoms with Crippen molar-refractivity contribution in [3.05, 3.63) is 35.4 Å². The van der Waals surface area contributed by atoms with Gasteiger partial charge in [0, 0.05) is 18.7 Å². The molecular weight excluding hydrogens is 288 g/mol. The van der Waals surface area contributed by atoms with E-state index in [0.717, 1.165) is 31.5 Å². The summed E-state index contributed by atoms with van der Waals surface area (Å²) in [5, 5.41) is 2.94. The maximum absolute atomic E-state index is 12.8. The largest absolute Gasteiger partial charge is 0.341 e. The Kier molecular flexibility index (Phi) is 7.79. The summed E-state index contributed by atoms with van der Waals surface area (Å²) in [5.74, 6) is -0.111. The number of rotatable bonds is 8. The van der Waals surface area contributed by atoms with Crippen molar-refractivity contribution in [3.8, 4) is 0 Å². The van der Waals surface area contributed by atoms with Crippen LogP contribution in [-0.4, -0.2) is 35.8 Å². The fourth-order valence-corrected chi connectivity index (χ4v) is 2.63. The third-order valence-electron chi connectivity index (χ3n) is 3.91. The molecule has 23 heavy (non-hydrogen) atoms. The summed E-state index contributed by atoms with van der Waals surface area (Å²) in [6, 6.07) is 6.96. The molecule has 0 aliphatic rings. The third kappa shape index (κ3) is 5.38. The number of nitrogens with zero attached hydrogens (tertiary/aromatic N) is 1. The zero-order chi connectivity index (χ0) is 17.4. The number of nitrogens with one attached hydrogen (secondary N) is 1. The number of hydrogen-bond acceptors (Lipinski definition) is 2. The van der Waals surface area contributed by atoms with Gasteiger partial charge in [-0.3, -0.25) is 9.59 Å². The SMILES string of the molecule is CCCN(CCC)C(=O)C(NC(=O)c1ccccc1C)C(C)C. The molecule has 0 aliphatic carbocycles. The fourth-order valence-electron chi connectivity index (χ4n) is 2.63. The van der Waals surface area contributed by atoms with Crippen molar-refractivity contribution in [2.75, 3.05) is 13.1 Å². The van der Waals surface area contributed by atoms with E-state index in [-0.39, 0.29) is 17.7 Å². The number of hydrogen-bond donors (Lipinski definition) is 1. The van der Waals surface area contributed by atoms with E-state index in [1.165, 1.54) is 0 Å². The maximum Gasteiger partial charge on any atom is 0.252 e. The van der Waals surface area contributed by atoms with E-state index in [0.29, 0.717) is 5.56 Å². The number of aryl methyl sites for hydroxylation is 1. The Morgan fingerprint density at radius 2 is 1.65 bits per heavy atom. The van der Waals surface area contributed by atoms with Gasteiger partial charge < -0.3 is 10.2 Å². The molecule has 0 spiro atoms. The second kappa shape index (κ2) is 9.33. The van der Waals surface area contributed by atoms with Crippen LogP contribution in [0.3, 0.4) is 0 Å². The summed E-state index contributed by atoms with van der Waals surface area (Å²) in [6.45, 7) is 11.4. The van der Waals surface area contributed by atoms with E-state index in [1.807, 2.05) is 43.9 Å². The van der Waals surface area contributed by atoms with E-state index in [9.17, 15) is 9.59 Å². The van der Waals surface area contributed by atoms with Crippen LogP contribution in [0.2, 0.25) is 0 Å². The first-order valence-electron chi connectivity index (χ1n) is 8.57. The summed E-state index contributed by atoms with van der Waals surface area (Å²) >= 11 is 0. The molecule has 0 saturated heterocycles. The maximum atomic E-state index is 12.8. The van der Waals surface area contributed by atoms with E-state index >= 15 is 0 Å². The quantitative estimate of drug-likeness (QED) is 0.798. The first-order chi connectivity index (χ1) is 10.9. The summed E-state index contributed by atoms with van der Waals surface area (Å²) in [4.78, 5) is 27.2. The fraction of sp³-hybridized carbons (Fsp3) is 0.579. The van der Waals surface area contributed by atoms with Crippen molar-refractivity contribution in [2.45, 2.75) is 53.5 Å². The van der Waals surface area contributed by atoms with Crippen LogP contribution in [0.25, 0.3) is 0 Å². The Balaban J connectivity index is 2.92. The van der Waals surface area contributed by atoms with Gasteiger partial charge in [0.25, 0.3) is 5.91 Å². The van der Waals surface area contributed by atoms with Crippen LogP contribution < -0.4 is 5.32 Å². The van der Waals surface area contributed by atoms with Crippen LogP contribution in [-0.2, 0) is 4.79 Å². The van der Waals surface area contributed by atoms with Crippen molar-refractivity contribution >= 4 is 11.8 Å². The molecule has 1 aromatic carbocycles. The second-order valence-electron chi connectivity index (χ2n) is 6.34. The van der Waals surface area contributed by atoms with Crippen LogP contribution >= 0.6 is 0 Å². The lowest BCUT2D eigenvalue weighted by molar-refractivity contribution is -0.134. The molecule has 0 bridgehead atoms. The van der Waals surface area contributed by atoms with Crippen molar-refractivity contribution in [1.82, 2.24) is 10.2 Å². The van der Waals surface area contributed by atoms with Gasteiger partial charge in [-0.05, 0) is 37.3 Å². The second-order valence-corrected chi connectivity index (χ2v) is 6.34. The lowest BCUT2D eigenvalue weighted by atomic mass is 10.0. The van der Waals surface area contributed by atoms with Crippen molar-refractivity contribution in [3.63, 3.8) is 0 Å². The number of amides is 2. The molecule has 128 valence electrons. The Bertz CT molecular complexity index is 520. The van der Waals surface area contributed by atoms with E-state index in [2.05, 4.69) is 19.2 Å². The predicted octanol–water partition coefficient (Wildman–Crippen LogP) is 3.40. The minimum atomic E-state index is -0.486. The van der Waals surface area contributed by atoms with Gasteiger partial charge in [0.1, 0.15) is 6.04 Å². The van der Waals surface area contributed by atoms with Crippen molar-refractivity contribution < 1.29 is 9.59 Å². The Labute approximate surface area is 140 Å². The molecule has 1 aromatic rings. The average Bonchev–Trinajstić information content (AvgIpc) is 2.51. The van der Waals surface area contributed by atoms with Gasteiger partial charge in [-0.2, -0.15) is 0 Å². The minimum Gasteiger partial charge on any atom is -0.341 e. The van der Waals surface area contributed by atoms with Gasteiger partial charge in [0.05, 0.1) is 0 Å². The van der Waals surface area contributed by atoms with Gasteiger partial charge in [-0.15, -0.1) is 0 Å². The van der Waals surface area contributed by atoms with Crippen LogP contribution in [0.4, 0.5) is 0 Å². The predicted molar refractivity (Wildman–Crippen MR) is 94.4 cm³/mol. The molecular formula is C19H30N2O2. The smallest absolute Gasteiger partial charge is 0.252 e. The highest BCUT2D eigenvalue weighted by Gasteiger charge is 2.28. The summed E-state index contributed by atoms with van der Waals surface area (Å²) < 4.78 is 0. The van der Waals surface area contributed by atoms with E-state index < -0.39 is 6.04 Å². The van der Waals surface area contributed by atoms with Gasteiger partial charge >= 0.3 is 0 Å². The normalized spacial score (nSPS) is 12.1. The lowest BCUT2D eigenvalue weighted by Gasteiger charge is -2.29. The molecule has 0 aliphatic heterocycles. The molecule has 1 rings (SSSR count).